The van der Waals surface area contributed by atoms with Crippen molar-refractivity contribution < 1.29 is 4.74 Å². The molecule has 2 heteroatoms. The standard InChI is InChI=1S/C15H23NO/c1-15(2,17-3)14-9-5-4-8-13(14)12-7-6-10-16-11-12/h4-5,8-9,12,16H,6-7,10-11H2,1-3H3. The summed E-state index contributed by atoms with van der Waals surface area (Å²) in [6, 6.07) is 8.70. The largest absolute Gasteiger partial charge is 0.374 e. The first-order valence-corrected chi connectivity index (χ1v) is 6.50. The molecule has 1 aliphatic heterocycles. The molecule has 0 amide bonds. The third-order valence-corrected chi connectivity index (χ3v) is 3.86. The van der Waals surface area contributed by atoms with E-state index in [0.717, 1.165) is 13.1 Å². The summed E-state index contributed by atoms with van der Waals surface area (Å²) >= 11 is 0. The van der Waals surface area contributed by atoms with Crippen LogP contribution in [-0.4, -0.2) is 20.2 Å². The second-order valence-corrected chi connectivity index (χ2v) is 5.34. The summed E-state index contributed by atoms with van der Waals surface area (Å²) in [6.45, 7) is 6.54. The average molecular weight is 233 g/mol. The number of ether oxygens (including phenoxy) is 1. The van der Waals surface area contributed by atoms with Crippen LogP contribution >= 0.6 is 0 Å². The van der Waals surface area contributed by atoms with Gasteiger partial charge in [-0.15, -0.1) is 0 Å². The molecule has 2 rings (SSSR count). The highest BCUT2D eigenvalue weighted by atomic mass is 16.5. The first-order valence-electron chi connectivity index (χ1n) is 6.50. The van der Waals surface area contributed by atoms with Crippen LogP contribution in [0.25, 0.3) is 0 Å². The maximum atomic E-state index is 5.63. The number of hydrogen-bond acceptors (Lipinski definition) is 2. The molecular weight excluding hydrogens is 210 g/mol. The number of nitrogens with one attached hydrogen (secondary N) is 1. The van der Waals surface area contributed by atoms with E-state index in [0.29, 0.717) is 5.92 Å². The molecule has 1 aromatic carbocycles. The van der Waals surface area contributed by atoms with Gasteiger partial charge in [0.05, 0.1) is 5.60 Å². The number of benzene rings is 1. The molecule has 0 aromatic heterocycles. The molecule has 0 spiro atoms. The van der Waals surface area contributed by atoms with Gasteiger partial charge < -0.3 is 10.1 Å². The van der Waals surface area contributed by atoms with Crippen LogP contribution in [0.5, 0.6) is 0 Å². The SMILES string of the molecule is COC(C)(C)c1ccccc1C1CCCNC1. The Morgan fingerprint density at radius 1 is 1.29 bits per heavy atom. The van der Waals surface area contributed by atoms with Crippen molar-refractivity contribution in [2.45, 2.75) is 38.2 Å². The van der Waals surface area contributed by atoms with Gasteiger partial charge in [0, 0.05) is 13.7 Å². The van der Waals surface area contributed by atoms with E-state index in [-0.39, 0.29) is 5.60 Å². The summed E-state index contributed by atoms with van der Waals surface area (Å²) in [5.74, 6) is 0.634. The quantitative estimate of drug-likeness (QED) is 0.866. The lowest BCUT2D eigenvalue weighted by molar-refractivity contribution is 0.0181. The second kappa shape index (κ2) is 5.19. The van der Waals surface area contributed by atoms with Crippen molar-refractivity contribution in [3.05, 3.63) is 35.4 Å². The van der Waals surface area contributed by atoms with Gasteiger partial charge in [0.2, 0.25) is 0 Å². The van der Waals surface area contributed by atoms with E-state index in [1.165, 1.54) is 24.0 Å². The van der Waals surface area contributed by atoms with Crippen LogP contribution in [-0.2, 0) is 10.3 Å². The van der Waals surface area contributed by atoms with Crippen molar-refractivity contribution in [1.82, 2.24) is 5.32 Å². The fourth-order valence-corrected chi connectivity index (χ4v) is 2.63. The summed E-state index contributed by atoms with van der Waals surface area (Å²) < 4.78 is 5.63. The van der Waals surface area contributed by atoms with Gasteiger partial charge in [-0.3, -0.25) is 0 Å². The highest BCUT2D eigenvalue weighted by Crippen LogP contribution is 2.33. The molecule has 1 atom stereocenters. The minimum absolute atomic E-state index is 0.200. The smallest absolute Gasteiger partial charge is 0.0874 e. The minimum Gasteiger partial charge on any atom is -0.374 e. The predicted molar refractivity (Wildman–Crippen MR) is 71.3 cm³/mol. The zero-order valence-corrected chi connectivity index (χ0v) is 11.1. The van der Waals surface area contributed by atoms with Crippen molar-refractivity contribution in [3.8, 4) is 0 Å². The van der Waals surface area contributed by atoms with Crippen molar-refractivity contribution in [3.63, 3.8) is 0 Å². The third kappa shape index (κ3) is 2.70. The Bertz CT molecular complexity index is 367. The van der Waals surface area contributed by atoms with E-state index in [4.69, 9.17) is 4.74 Å². The number of rotatable bonds is 3. The van der Waals surface area contributed by atoms with E-state index >= 15 is 0 Å². The zero-order valence-electron chi connectivity index (χ0n) is 11.1. The second-order valence-electron chi connectivity index (χ2n) is 5.34. The van der Waals surface area contributed by atoms with Gasteiger partial charge in [-0.05, 0) is 50.3 Å². The molecule has 0 saturated carbocycles. The van der Waals surface area contributed by atoms with Crippen molar-refractivity contribution in [2.75, 3.05) is 20.2 Å². The zero-order chi connectivity index (χ0) is 12.3. The molecule has 1 saturated heterocycles. The Labute approximate surface area is 104 Å². The summed E-state index contributed by atoms with van der Waals surface area (Å²) in [7, 11) is 1.79. The molecule has 94 valence electrons. The summed E-state index contributed by atoms with van der Waals surface area (Å²) in [4.78, 5) is 0. The molecule has 17 heavy (non-hydrogen) atoms. The first kappa shape index (κ1) is 12.6. The first-order chi connectivity index (χ1) is 8.15. The van der Waals surface area contributed by atoms with Gasteiger partial charge in [-0.2, -0.15) is 0 Å². The Hall–Kier alpha value is -0.860. The fourth-order valence-electron chi connectivity index (χ4n) is 2.63. The van der Waals surface area contributed by atoms with E-state index in [9.17, 15) is 0 Å². The number of hydrogen-bond donors (Lipinski definition) is 1. The van der Waals surface area contributed by atoms with Gasteiger partial charge >= 0.3 is 0 Å². The van der Waals surface area contributed by atoms with Crippen LogP contribution in [0.4, 0.5) is 0 Å². The Morgan fingerprint density at radius 3 is 2.71 bits per heavy atom. The third-order valence-electron chi connectivity index (χ3n) is 3.86. The van der Waals surface area contributed by atoms with Gasteiger partial charge in [-0.25, -0.2) is 0 Å². The van der Waals surface area contributed by atoms with E-state index in [2.05, 4.69) is 43.4 Å². The molecule has 0 radical (unpaired) electrons. The topological polar surface area (TPSA) is 21.3 Å². The molecule has 1 aliphatic rings. The summed E-state index contributed by atoms with van der Waals surface area (Å²) in [5, 5.41) is 3.49. The Kier molecular flexibility index (Phi) is 3.85. The highest BCUT2D eigenvalue weighted by molar-refractivity contribution is 5.35. The monoisotopic (exact) mass is 233 g/mol. The molecule has 0 aliphatic carbocycles. The maximum absolute atomic E-state index is 5.63. The predicted octanol–water partition coefficient (Wildman–Crippen LogP) is 3.04. The van der Waals surface area contributed by atoms with Crippen LogP contribution in [0, 0.1) is 0 Å². The normalized spacial score (nSPS) is 21.5. The molecule has 1 heterocycles. The Balaban J connectivity index is 2.33. The minimum atomic E-state index is -0.200. The molecular formula is C15H23NO. The van der Waals surface area contributed by atoms with E-state index in [1.54, 1.807) is 7.11 Å². The van der Waals surface area contributed by atoms with E-state index in [1.807, 2.05) is 0 Å². The molecule has 1 aromatic rings. The molecule has 1 unspecified atom stereocenters. The molecule has 2 nitrogen and oxygen atoms in total. The molecule has 1 N–H and O–H groups in total. The summed E-state index contributed by atoms with van der Waals surface area (Å²) in [6.07, 6.45) is 2.55. The van der Waals surface area contributed by atoms with Gasteiger partial charge in [-0.1, -0.05) is 24.3 Å². The van der Waals surface area contributed by atoms with Crippen LogP contribution < -0.4 is 5.32 Å². The lowest BCUT2D eigenvalue weighted by Crippen LogP contribution is -2.31. The van der Waals surface area contributed by atoms with E-state index < -0.39 is 0 Å². The van der Waals surface area contributed by atoms with Crippen LogP contribution in [0.15, 0.2) is 24.3 Å². The van der Waals surface area contributed by atoms with Crippen molar-refractivity contribution in [2.24, 2.45) is 0 Å². The van der Waals surface area contributed by atoms with Gasteiger partial charge in [0.15, 0.2) is 0 Å². The van der Waals surface area contributed by atoms with Crippen LogP contribution in [0.2, 0.25) is 0 Å². The van der Waals surface area contributed by atoms with Crippen LogP contribution in [0.3, 0.4) is 0 Å². The molecule has 0 bridgehead atoms. The van der Waals surface area contributed by atoms with Gasteiger partial charge in [0.1, 0.15) is 0 Å². The van der Waals surface area contributed by atoms with Gasteiger partial charge in [0.25, 0.3) is 0 Å². The number of piperidine rings is 1. The van der Waals surface area contributed by atoms with Crippen molar-refractivity contribution >= 4 is 0 Å². The lowest BCUT2D eigenvalue weighted by Gasteiger charge is -2.31. The number of methoxy groups -OCH3 is 1. The summed E-state index contributed by atoms with van der Waals surface area (Å²) in [5.41, 5.74) is 2.58. The Morgan fingerprint density at radius 2 is 2.06 bits per heavy atom. The highest BCUT2D eigenvalue weighted by Gasteiger charge is 2.26. The van der Waals surface area contributed by atoms with Crippen LogP contribution in [0.1, 0.15) is 43.7 Å². The fraction of sp³-hybridized carbons (Fsp3) is 0.600. The molecule has 1 fully saturated rings. The maximum Gasteiger partial charge on any atom is 0.0874 e. The average Bonchev–Trinajstić information content (AvgIpc) is 2.40. The van der Waals surface area contributed by atoms with Crippen molar-refractivity contribution in [1.29, 1.82) is 0 Å². The lowest BCUT2D eigenvalue weighted by atomic mass is 9.83.